The van der Waals surface area contributed by atoms with E-state index in [2.05, 4.69) is 0 Å². The molecule has 32 heavy (non-hydrogen) atoms. The number of aromatic nitrogens is 1. The monoisotopic (exact) mass is 435 g/mol. The van der Waals surface area contributed by atoms with Crippen LogP contribution in [-0.4, -0.2) is 43.5 Å². The van der Waals surface area contributed by atoms with Crippen LogP contribution in [0.15, 0.2) is 54.6 Å². The van der Waals surface area contributed by atoms with Gasteiger partial charge in [-0.2, -0.15) is 0 Å². The Balaban J connectivity index is 2.18. The van der Waals surface area contributed by atoms with Crippen molar-refractivity contribution in [1.82, 2.24) is 4.40 Å². The predicted molar refractivity (Wildman–Crippen MR) is 114 cm³/mol. The van der Waals surface area contributed by atoms with Gasteiger partial charge < -0.3 is 18.6 Å². The van der Waals surface area contributed by atoms with Crippen LogP contribution in [0.2, 0.25) is 0 Å². The molecule has 0 aliphatic carbocycles. The first-order valence-corrected chi connectivity index (χ1v) is 9.53. The van der Waals surface area contributed by atoms with Crippen LogP contribution < -0.4 is 4.74 Å². The van der Waals surface area contributed by atoms with Crippen molar-refractivity contribution in [1.29, 1.82) is 0 Å². The molecule has 7 nitrogen and oxygen atoms in total. The Morgan fingerprint density at radius 1 is 0.781 bits per heavy atom. The van der Waals surface area contributed by atoms with Gasteiger partial charge in [0.2, 0.25) is 5.78 Å². The van der Waals surface area contributed by atoms with Gasteiger partial charge in [0.1, 0.15) is 28.4 Å². The highest BCUT2D eigenvalue weighted by Gasteiger charge is 2.33. The number of benzene rings is 2. The minimum atomic E-state index is -0.874. The molecule has 0 aliphatic heterocycles. The van der Waals surface area contributed by atoms with Gasteiger partial charge in [0.25, 0.3) is 0 Å². The van der Waals surface area contributed by atoms with E-state index >= 15 is 0 Å². The molecule has 0 fully saturated rings. The van der Waals surface area contributed by atoms with E-state index in [1.54, 1.807) is 30.3 Å². The van der Waals surface area contributed by atoms with Gasteiger partial charge in [-0.05, 0) is 48.5 Å². The third-order valence-corrected chi connectivity index (χ3v) is 5.20. The molecule has 0 bridgehead atoms. The van der Waals surface area contributed by atoms with Crippen LogP contribution in [0.1, 0.15) is 36.8 Å². The van der Waals surface area contributed by atoms with Gasteiger partial charge in [0.05, 0.1) is 32.4 Å². The fraction of sp³-hybridized carbons (Fsp3) is 0.125. The second kappa shape index (κ2) is 8.14. The zero-order valence-electron chi connectivity index (χ0n) is 17.5. The smallest absolute Gasteiger partial charge is 0.341 e. The van der Waals surface area contributed by atoms with Crippen molar-refractivity contribution < 1.29 is 33.0 Å². The van der Waals surface area contributed by atoms with Gasteiger partial charge in [0, 0.05) is 10.9 Å². The van der Waals surface area contributed by atoms with Crippen molar-refractivity contribution in [3.8, 4) is 5.75 Å². The molecule has 0 unspecified atom stereocenters. The Morgan fingerprint density at radius 2 is 1.41 bits per heavy atom. The number of hydrogen-bond donors (Lipinski definition) is 0. The van der Waals surface area contributed by atoms with E-state index < -0.39 is 23.5 Å². The zero-order valence-corrected chi connectivity index (χ0v) is 17.5. The number of halogens is 1. The summed E-state index contributed by atoms with van der Waals surface area (Å²) in [7, 11) is 3.87. The van der Waals surface area contributed by atoms with E-state index in [0.717, 1.165) is 19.2 Å². The number of pyridine rings is 1. The van der Waals surface area contributed by atoms with Crippen molar-refractivity contribution in [3.05, 3.63) is 82.8 Å². The fourth-order valence-electron chi connectivity index (χ4n) is 3.73. The Hall–Kier alpha value is -4.20. The van der Waals surface area contributed by atoms with Gasteiger partial charge >= 0.3 is 11.9 Å². The number of hydrogen-bond acceptors (Lipinski definition) is 6. The number of carbonyl (C=O) groups excluding carboxylic acids is 3. The average molecular weight is 435 g/mol. The number of carbonyl (C=O) groups is 3. The van der Waals surface area contributed by atoms with Crippen LogP contribution in [0.4, 0.5) is 4.39 Å². The van der Waals surface area contributed by atoms with Gasteiger partial charge in [-0.1, -0.05) is 6.07 Å². The minimum absolute atomic E-state index is 0.0883. The summed E-state index contributed by atoms with van der Waals surface area (Å²) in [6, 6.07) is 13.4. The van der Waals surface area contributed by atoms with E-state index in [0.29, 0.717) is 22.2 Å². The molecular weight excluding hydrogens is 417 g/mol. The van der Waals surface area contributed by atoms with E-state index in [9.17, 15) is 18.8 Å². The van der Waals surface area contributed by atoms with Crippen molar-refractivity contribution in [2.24, 2.45) is 0 Å². The highest BCUT2D eigenvalue weighted by molar-refractivity contribution is 6.20. The largest absolute Gasteiger partial charge is 0.497 e. The SMILES string of the molecule is COC(=O)c1c(C(=O)OC)c2ccc3cc(OC)ccc3n2c1C(=O)c1ccc(F)cc1. The predicted octanol–water partition coefficient (Wildman–Crippen LogP) is 4.04. The third kappa shape index (κ3) is 3.26. The molecule has 162 valence electrons. The highest BCUT2D eigenvalue weighted by atomic mass is 19.1. The quantitative estimate of drug-likeness (QED) is 0.348. The molecule has 4 aromatic rings. The Morgan fingerprint density at radius 3 is 2.03 bits per heavy atom. The van der Waals surface area contributed by atoms with Crippen LogP contribution in [0, 0.1) is 5.82 Å². The summed E-state index contributed by atoms with van der Waals surface area (Å²) in [5, 5.41) is 0.702. The molecule has 0 spiro atoms. The van der Waals surface area contributed by atoms with Crippen LogP contribution >= 0.6 is 0 Å². The first kappa shape index (κ1) is 21.0. The van der Waals surface area contributed by atoms with Gasteiger partial charge in [-0.3, -0.25) is 4.79 Å². The summed E-state index contributed by atoms with van der Waals surface area (Å²) in [5.74, 6) is -2.17. The number of fused-ring (bicyclic) bond motifs is 3. The van der Waals surface area contributed by atoms with Crippen LogP contribution in [0.3, 0.4) is 0 Å². The number of ketones is 1. The summed E-state index contributed by atoms with van der Waals surface area (Å²) >= 11 is 0. The molecule has 4 rings (SSSR count). The van der Waals surface area contributed by atoms with Crippen molar-refractivity contribution in [2.75, 3.05) is 21.3 Å². The molecule has 0 saturated carbocycles. The Bertz CT molecular complexity index is 1390. The maximum atomic E-state index is 13.6. The maximum Gasteiger partial charge on any atom is 0.341 e. The van der Waals surface area contributed by atoms with Crippen molar-refractivity contribution >= 4 is 34.1 Å². The molecule has 8 heteroatoms. The highest BCUT2D eigenvalue weighted by Crippen LogP contribution is 2.32. The lowest BCUT2D eigenvalue weighted by Gasteiger charge is -2.10. The number of rotatable bonds is 5. The van der Waals surface area contributed by atoms with Gasteiger partial charge in [0.15, 0.2) is 0 Å². The van der Waals surface area contributed by atoms with Crippen molar-refractivity contribution in [3.63, 3.8) is 0 Å². The lowest BCUT2D eigenvalue weighted by atomic mass is 10.0. The number of methoxy groups -OCH3 is 3. The fourth-order valence-corrected chi connectivity index (χ4v) is 3.73. The molecule has 0 N–H and O–H groups in total. The molecular formula is C24H18FNO6. The van der Waals surface area contributed by atoms with Crippen molar-refractivity contribution in [2.45, 2.75) is 0 Å². The average Bonchev–Trinajstić information content (AvgIpc) is 3.18. The number of esters is 2. The lowest BCUT2D eigenvalue weighted by Crippen LogP contribution is -2.15. The van der Waals surface area contributed by atoms with E-state index in [-0.39, 0.29) is 22.4 Å². The second-order valence-electron chi connectivity index (χ2n) is 6.90. The molecule has 0 saturated heterocycles. The topological polar surface area (TPSA) is 83.3 Å². The standard InChI is InChI=1S/C24H18FNO6/c1-30-16-9-11-17-14(12-16)6-10-18-19(23(28)31-2)20(24(29)32-3)21(26(17)18)22(27)13-4-7-15(25)8-5-13/h4-12H,1-3H3. The molecule has 2 aromatic carbocycles. The first-order valence-electron chi connectivity index (χ1n) is 9.53. The molecule has 0 atom stereocenters. The summed E-state index contributed by atoms with van der Waals surface area (Å²) in [4.78, 5) is 39.1. The zero-order chi connectivity index (χ0) is 23.0. The molecule has 2 aromatic heterocycles. The van der Waals surface area contributed by atoms with E-state index in [1.807, 2.05) is 0 Å². The summed E-state index contributed by atoms with van der Waals surface area (Å²) in [6.45, 7) is 0. The third-order valence-electron chi connectivity index (χ3n) is 5.20. The maximum absolute atomic E-state index is 13.6. The molecule has 2 heterocycles. The molecule has 0 radical (unpaired) electrons. The summed E-state index contributed by atoms with van der Waals surface area (Å²) < 4.78 is 30.0. The lowest BCUT2D eigenvalue weighted by molar-refractivity contribution is 0.0556. The van der Waals surface area contributed by atoms with Gasteiger partial charge in [-0.15, -0.1) is 0 Å². The van der Waals surface area contributed by atoms with Crippen LogP contribution in [0.25, 0.3) is 16.4 Å². The number of ether oxygens (including phenoxy) is 3. The van der Waals surface area contributed by atoms with Gasteiger partial charge in [-0.25, -0.2) is 14.0 Å². The second-order valence-corrected chi connectivity index (χ2v) is 6.90. The minimum Gasteiger partial charge on any atom is -0.497 e. The molecule has 0 aliphatic rings. The summed E-state index contributed by atoms with van der Waals surface area (Å²) in [5.41, 5.74) is 0.571. The van der Waals surface area contributed by atoms with Crippen LogP contribution in [-0.2, 0) is 9.47 Å². The van der Waals surface area contributed by atoms with E-state index in [4.69, 9.17) is 14.2 Å². The Kier molecular flexibility index (Phi) is 5.36. The number of nitrogens with zero attached hydrogens (tertiary/aromatic N) is 1. The van der Waals surface area contributed by atoms with Crippen LogP contribution in [0.5, 0.6) is 5.75 Å². The first-order chi connectivity index (χ1) is 15.4. The normalized spacial score (nSPS) is 10.9. The Labute approximate surface area is 181 Å². The molecule has 0 amide bonds. The summed E-state index contributed by atoms with van der Waals surface area (Å²) in [6.07, 6.45) is 0. The van der Waals surface area contributed by atoms with E-state index in [1.165, 1.54) is 30.8 Å².